The van der Waals surface area contributed by atoms with Gasteiger partial charge >= 0.3 is 6.18 Å². The molecule has 0 saturated heterocycles. The Morgan fingerprint density at radius 3 is 2.39 bits per heavy atom. The minimum absolute atomic E-state index is 0.0440. The monoisotopic (exact) mass is 448 g/mol. The second kappa shape index (κ2) is 9.05. The summed E-state index contributed by atoms with van der Waals surface area (Å²) in [5, 5.41) is 5.55. The molecule has 0 spiro atoms. The number of carbonyl (C=O) groups excluding carboxylic acids is 2. The van der Waals surface area contributed by atoms with Gasteiger partial charge in [0.15, 0.2) is 0 Å². The Labute approximate surface area is 180 Å². The van der Waals surface area contributed by atoms with Gasteiger partial charge in [0.05, 0.1) is 11.1 Å². The van der Waals surface area contributed by atoms with E-state index in [0.717, 1.165) is 12.3 Å². The molecule has 10 heteroatoms. The van der Waals surface area contributed by atoms with Crippen molar-refractivity contribution in [2.45, 2.75) is 12.7 Å². The molecule has 0 aliphatic heterocycles. The van der Waals surface area contributed by atoms with Crippen LogP contribution in [-0.2, 0) is 12.7 Å². The molecule has 1 aromatic heterocycles. The number of anilines is 2. The Balaban J connectivity index is 1.79. The Morgan fingerprint density at radius 2 is 1.77 bits per heavy atom. The number of halogens is 4. The normalized spacial score (nSPS) is 11.1. The lowest BCUT2D eigenvalue weighted by molar-refractivity contribution is -0.137. The Hall–Kier alpha value is -3.59. The van der Waals surface area contributed by atoms with Gasteiger partial charge in [0, 0.05) is 29.0 Å². The van der Waals surface area contributed by atoms with Gasteiger partial charge < -0.3 is 16.4 Å². The number of benzene rings is 2. The fourth-order valence-corrected chi connectivity index (χ4v) is 2.91. The second-order valence-corrected chi connectivity index (χ2v) is 6.93. The lowest BCUT2D eigenvalue weighted by Crippen LogP contribution is -2.26. The molecular formula is C21H16ClF3N4O2. The van der Waals surface area contributed by atoms with E-state index < -0.39 is 29.1 Å². The summed E-state index contributed by atoms with van der Waals surface area (Å²) in [5.74, 6) is -1.63. The molecule has 0 atom stereocenters. The summed E-state index contributed by atoms with van der Waals surface area (Å²) in [7, 11) is 0. The summed E-state index contributed by atoms with van der Waals surface area (Å²) in [4.78, 5) is 27.4. The van der Waals surface area contributed by atoms with E-state index in [1.165, 1.54) is 18.2 Å². The van der Waals surface area contributed by atoms with Gasteiger partial charge in [-0.2, -0.15) is 13.2 Å². The molecule has 2 amide bonds. The van der Waals surface area contributed by atoms with Crippen LogP contribution in [0.2, 0.25) is 5.02 Å². The van der Waals surface area contributed by atoms with E-state index in [2.05, 4.69) is 15.6 Å². The van der Waals surface area contributed by atoms with Crippen molar-refractivity contribution in [3.63, 3.8) is 0 Å². The molecule has 0 aliphatic rings. The molecule has 6 nitrogen and oxygen atoms in total. The highest BCUT2D eigenvalue weighted by molar-refractivity contribution is 6.30. The smallest absolute Gasteiger partial charge is 0.366 e. The highest BCUT2D eigenvalue weighted by atomic mass is 35.5. The van der Waals surface area contributed by atoms with Gasteiger partial charge in [0.25, 0.3) is 5.91 Å². The molecule has 3 aromatic rings. The van der Waals surface area contributed by atoms with E-state index in [-0.39, 0.29) is 17.9 Å². The van der Waals surface area contributed by atoms with Crippen molar-refractivity contribution < 1.29 is 22.8 Å². The van der Waals surface area contributed by atoms with E-state index >= 15 is 0 Å². The molecular weight excluding hydrogens is 433 g/mol. The SMILES string of the molecule is NC(=O)c1ccc(CNC(=O)c2cnc(Nc3cccc(Cl)c3)cc2C(F)(F)F)cc1. The third-order valence-corrected chi connectivity index (χ3v) is 4.48. The number of nitrogens with two attached hydrogens (primary N) is 1. The van der Waals surface area contributed by atoms with Crippen LogP contribution in [0.1, 0.15) is 31.8 Å². The van der Waals surface area contributed by atoms with Gasteiger partial charge in [-0.15, -0.1) is 0 Å². The third-order valence-electron chi connectivity index (χ3n) is 4.24. The van der Waals surface area contributed by atoms with Crippen LogP contribution in [0.3, 0.4) is 0 Å². The highest BCUT2D eigenvalue weighted by Crippen LogP contribution is 2.33. The van der Waals surface area contributed by atoms with Crippen molar-refractivity contribution in [3.8, 4) is 0 Å². The van der Waals surface area contributed by atoms with Crippen molar-refractivity contribution in [1.82, 2.24) is 10.3 Å². The number of aromatic nitrogens is 1. The number of hydrogen-bond acceptors (Lipinski definition) is 4. The number of nitrogens with zero attached hydrogens (tertiary/aromatic N) is 1. The standard InChI is InChI=1S/C21H16ClF3N4O2/c22-14-2-1-3-15(8-14)29-18-9-17(21(23,24)25)16(11-27-18)20(31)28-10-12-4-6-13(7-5-12)19(26)30/h1-9,11H,10H2,(H2,26,30)(H,27,29)(H,28,31). The Kier molecular flexibility index (Phi) is 6.45. The first kappa shape index (κ1) is 22.1. The molecule has 2 aromatic carbocycles. The quantitative estimate of drug-likeness (QED) is 0.516. The van der Waals surface area contributed by atoms with Crippen molar-refractivity contribution >= 4 is 34.9 Å². The molecule has 160 valence electrons. The number of hydrogen-bond donors (Lipinski definition) is 3. The lowest BCUT2D eigenvalue weighted by Gasteiger charge is -2.15. The summed E-state index contributed by atoms with van der Waals surface area (Å²) < 4.78 is 40.7. The van der Waals surface area contributed by atoms with Gasteiger partial charge in [0.1, 0.15) is 5.82 Å². The summed E-state index contributed by atoms with van der Waals surface area (Å²) in [6.45, 7) is -0.0440. The number of rotatable bonds is 6. The molecule has 0 unspecified atom stereocenters. The van der Waals surface area contributed by atoms with Crippen molar-refractivity contribution in [2.24, 2.45) is 5.73 Å². The molecule has 31 heavy (non-hydrogen) atoms. The first-order chi connectivity index (χ1) is 14.6. The molecule has 4 N–H and O–H groups in total. The largest absolute Gasteiger partial charge is 0.417 e. The number of pyridine rings is 1. The van der Waals surface area contributed by atoms with Crippen LogP contribution in [0.4, 0.5) is 24.7 Å². The fraction of sp³-hybridized carbons (Fsp3) is 0.0952. The van der Waals surface area contributed by atoms with Crippen LogP contribution in [-0.4, -0.2) is 16.8 Å². The van der Waals surface area contributed by atoms with Crippen LogP contribution in [0.5, 0.6) is 0 Å². The first-order valence-corrected chi connectivity index (χ1v) is 9.28. The second-order valence-electron chi connectivity index (χ2n) is 6.49. The van der Waals surface area contributed by atoms with Crippen molar-refractivity contribution in [2.75, 3.05) is 5.32 Å². The van der Waals surface area contributed by atoms with E-state index in [9.17, 15) is 22.8 Å². The topological polar surface area (TPSA) is 97.1 Å². The van der Waals surface area contributed by atoms with Crippen LogP contribution >= 0.6 is 11.6 Å². The number of amides is 2. The zero-order chi connectivity index (χ0) is 22.6. The zero-order valence-electron chi connectivity index (χ0n) is 15.8. The zero-order valence-corrected chi connectivity index (χ0v) is 16.6. The molecule has 1 heterocycles. The van der Waals surface area contributed by atoms with Gasteiger partial charge in [-0.1, -0.05) is 29.8 Å². The minimum Gasteiger partial charge on any atom is -0.366 e. The summed E-state index contributed by atoms with van der Waals surface area (Å²) in [6, 6.07) is 13.2. The molecule has 0 saturated carbocycles. The van der Waals surface area contributed by atoms with Crippen LogP contribution in [0, 0.1) is 0 Å². The summed E-state index contributed by atoms with van der Waals surface area (Å²) in [5.41, 5.74) is 4.72. The van der Waals surface area contributed by atoms with Crippen molar-refractivity contribution in [3.05, 3.63) is 88.1 Å². The maximum absolute atomic E-state index is 13.6. The maximum Gasteiger partial charge on any atom is 0.417 e. The van der Waals surface area contributed by atoms with Crippen LogP contribution < -0.4 is 16.4 Å². The van der Waals surface area contributed by atoms with Crippen LogP contribution in [0.25, 0.3) is 0 Å². The average Bonchev–Trinajstić information content (AvgIpc) is 2.71. The molecule has 3 rings (SSSR count). The molecule has 0 aliphatic carbocycles. The minimum atomic E-state index is -4.77. The number of carbonyl (C=O) groups is 2. The summed E-state index contributed by atoms with van der Waals surface area (Å²) in [6.07, 6.45) is -3.91. The van der Waals surface area contributed by atoms with Gasteiger partial charge in [0.2, 0.25) is 5.91 Å². The third kappa shape index (κ3) is 5.73. The highest BCUT2D eigenvalue weighted by Gasteiger charge is 2.36. The predicted molar refractivity (Wildman–Crippen MR) is 110 cm³/mol. The van der Waals surface area contributed by atoms with Crippen molar-refractivity contribution in [1.29, 1.82) is 0 Å². The van der Waals surface area contributed by atoms with Crippen LogP contribution in [0.15, 0.2) is 60.8 Å². The Bertz CT molecular complexity index is 1120. The molecule has 0 bridgehead atoms. The van der Waals surface area contributed by atoms with Gasteiger partial charge in [-0.25, -0.2) is 4.98 Å². The number of alkyl halides is 3. The van der Waals surface area contributed by atoms with E-state index in [4.69, 9.17) is 17.3 Å². The fourth-order valence-electron chi connectivity index (χ4n) is 2.72. The van der Waals surface area contributed by atoms with Gasteiger partial charge in [-0.05, 0) is 42.0 Å². The number of primary amides is 1. The average molecular weight is 449 g/mol. The molecule has 0 fully saturated rings. The first-order valence-electron chi connectivity index (χ1n) is 8.90. The lowest BCUT2D eigenvalue weighted by atomic mass is 10.1. The number of nitrogens with one attached hydrogen (secondary N) is 2. The van der Waals surface area contributed by atoms with Gasteiger partial charge in [-0.3, -0.25) is 9.59 Å². The summed E-state index contributed by atoms with van der Waals surface area (Å²) >= 11 is 5.87. The maximum atomic E-state index is 13.6. The van der Waals surface area contributed by atoms with E-state index in [1.807, 2.05) is 0 Å². The van der Waals surface area contributed by atoms with E-state index in [1.54, 1.807) is 30.3 Å². The Morgan fingerprint density at radius 1 is 1.06 bits per heavy atom. The van der Waals surface area contributed by atoms with E-state index in [0.29, 0.717) is 16.3 Å². The molecule has 0 radical (unpaired) electrons. The predicted octanol–water partition coefficient (Wildman–Crippen LogP) is 4.53.